The molecular weight excluding hydrogens is 340 g/mol. The lowest BCUT2D eigenvalue weighted by molar-refractivity contribution is -0.167. The maximum atomic E-state index is 12.5. The molecule has 0 aliphatic heterocycles. The van der Waals surface area contributed by atoms with Crippen LogP contribution in [0.3, 0.4) is 0 Å². The Morgan fingerprint density at radius 3 is 2.68 bits per heavy atom. The summed E-state index contributed by atoms with van der Waals surface area (Å²) in [6, 6.07) is 1.78. The standard InChI is InChI=1S/C18H22N2O4S/c1-12-10-14(13(2)20(12)17-19-8-9-25-17)15(21)11-24-16(22)18(23)6-4-3-5-7-18/h8-10,23H,3-7,11H2,1-2H3. The number of aryl methyl sites for hydroxylation is 1. The van der Waals surface area contributed by atoms with Gasteiger partial charge in [0.25, 0.3) is 0 Å². The van der Waals surface area contributed by atoms with Crippen molar-refractivity contribution in [2.24, 2.45) is 0 Å². The molecule has 1 aliphatic carbocycles. The molecule has 2 heterocycles. The highest BCUT2D eigenvalue weighted by Gasteiger charge is 2.39. The third-order valence-electron chi connectivity index (χ3n) is 4.74. The quantitative estimate of drug-likeness (QED) is 0.653. The average Bonchev–Trinajstić information content (AvgIpc) is 3.20. The maximum absolute atomic E-state index is 12.5. The molecule has 7 heteroatoms. The first-order chi connectivity index (χ1) is 11.9. The van der Waals surface area contributed by atoms with Gasteiger partial charge in [0, 0.05) is 28.5 Å². The molecule has 0 aromatic carbocycles. The Bertz CT molecular complexity index is 773. The van der Waals surface area contributed by atoms with E-state index in [9.17, 15) is 14.7 Å². The summed E-state index contributed by atoms with van der Waals surface area (Å²) in [5.74, 6) is -0.960. The van der Waals surface area contributed by atoms with Crippen LogP contribution in [0.2, 0.25) is 0 Å². The van der Waals surface area contributed by atoms with Gasteiger partial charge >= 0.3 is 5.97 Å². The predicted molar refractivity (Wildman–Crippen MR) is 94.2 cm³/mol. The van der Waals surface area contributed by atoms with E-state index in [-0.39, 0.29) is 12.4 Å². The number of hydrogen-bond acceptors (Lipinski definition) is 6. The highest BCUT2D eigenvalue weighted by molar-refractivity contribution is 7.12. The van der Waals surface area contributed by atoms with Crippen molar-refractivity contribution >= 4 is 23.1 Å². The van der Waals surface area contributed by atoms with Crippen LogP contribution in [0.15, 0.2) is 17.6 Å². The first-order valence-corrected chi connectivity index (χ1v) is 9.32. The summed E-state index contributed by atoms with van der Waals surface area (Å²) in [5, 5.41) is 13.0. The fourth-order valence-corrected chi connectivity index (χ4v) is 4.10. The van der Waals surface area contributed by atoms with E-state index in [0.29, 0.717) is 18.4 Å². The van der Waals surface area contributed by atoms with Gasteiger partial charge < -0.3 is 9.84 Å². The average molecular weight is 362 g/mol. The number of Topliss-reactive ketones (excluding diaryl/α,β-unsaturated/α-hetero) is 1. The minimum absolute atomic E-state index is 0.274. The van der Waals surface area contributed by atoms with Crippen LogP contribution in [-0.2, 0) is 9.53 Å². The van der Waals surface area contributed by atoms with Crippen molar-refractivity contribution in [3.63, 3.8) is 0 Å². The summed E-state index contributed by atoms with van der Waals surface area (Å²) in [7, 11) is 0. The largest absolute Gasteiger partial charge is 0.455 e. The molecule has 0 radical (unpaired) electrons. The van der Waals surface area contributed by atoms with Crippen molar-refractivity contribution in [2.75, 3.05) is 6.61 Å². The Morgan fingerprint density at radius 1 is 1.32 bits per heavy atom. The summed E-state index contributed by atoms with van der Waals surface area (Å²) in [4.78, 5) is 28.9. The number of carbonyl (C=O) groups is 2. The Morgan fingerprint density at radius 2 is 2.04 bits per heavy atom. The van der Waals surface area contributed by atoms with E-state index < -0.39 is 11.6 Å². The van der Waals surface area contributed by atoms with Crippen LogP contribution in [0.1, 0.15) is 53.8 Å². The van der Waals surface area contributed by atoms with E-state index >= 15 is 0 Å². The van der Waals surface area contributed by atoms with Crippen LogP contribution >= 0.6 is 11.3 Å². The lowest BCUT2D eigenvalue weighted by atomic mass is 9.85. The molecule has 6 nitrogen and oxygen atoms in total. The summed E-state index contributed by atoms with van der Waals surface area (Å²) in [6.07, 6.45) is 5.13. The normalized spacial score (nSPS) is 16.6. The van der Waals surface area contributed by atoms with E-state index in [2.05, 4.69) is 4.98 Å². The zero-order valence-corrected chi connectivity index (χ0v) is 15.3. The highest BCUT2D eigenvalue weighted by atomic mass is 32.1. The van der Waals surface area contributed by atoms with Crippen LogP contribution in [0, 0.1) is 13.8 Å². The number of hydrogen-bond donors (Lipinski definition) is 1. The number of ether oxygens (including phenoxy) is 1. The SMILES string of the molecule is Cc1cc(C(=O)COC(=O)C2(O)CCCCC2)c(C)n1-c1nccs1. The number of esters is 1. The van der Waals surface area contributed by atoms with Crippen molar-refractivity contribution in [3.05, 3.63) is 34.6 Å². The van der Waals surface area contributed by atoms with Crippen LogP contribution in [0.4, 0.5) is 0 Å². The summed E-state index contributed by atoms with van der Waals surface area (Å²) >= 11 is 1.49. The molecule has 134 valence electrons. The van der Waals surface area contributed by atoms with E-state index in [4.69, 9.17) is 4.74 Å². The number of aliphatic hydroxyl groups is 1. The lowest BCUT2D eigenvalue weighted by Crippen LogP contribution is -2.42. The predicted octanol–water partition coefficient (Wildman–Crippen LogP) is 2.97. The Balaban J connectivity index is 1.70. The van der Waals surface area contributed by atoms with Crippen molar-refractivity contribution in [1.82, 2.24) is 9.55 Å². The number of thiazole rings is 1. The topological polar surface area (TPSA) is 81.4 Å². The summed E-state index contributed by atoms with van der Waals surface area (Å²) in [5.41, 5.74) is 0.741. The molecule has 1 N–H and O–H groups in total. The van der Waals surface area contributed by atoms with Gasteiger partial charge in [0.2, 0.25) is 5.78 Å². The fraction of sp³-hybridized carbons (Fsp3) is 0.500. The summed E-state index contributed by atoms with van der Waals surface area (Å²) < 4.78 is 7.05. The van der Waals surface area contributed by atoms with Gasteiger partial charge in [-0.1, -0.05) is 6.42 Å². The molecule has 2 aromatic heterocycles. The second kappa shape index (κ2) is 7.09. The van der Waals surface area contributed by atoms with Gasteiger partial charge in [-0.25, -0.2) is 9.78 Å². The van der Waals surface area contributed by atoms with Crippen molar-refractivity contribution in [1.29, 1.82) is 0 Å². The third kappa shape index (κ3) is 3.52. The third-order valence-corrected chi connectivity index (χ3v) is 5.49. The van der Waals surface area contributed by atoms with Gasteiger partial charge in [-0.15, -0.1) is 11.3 Å². The second-order valence-corrected chi connectivity index (χ2v) is 7.40. The van der Waals surface area contributed by atoms with E-state index in [1.807, 2.05) is 23.8 Å². The fourth-order valence-electron chi connectivity index (χ4n) is 3.35. The van der Waals surface area contributed by atoms with E-state index in [1.54, 1.807) is 12.3 Å². The Labute approximate surface area is 150 Å². The molecule has 3 rings (SSSR count). The zero-order valence-electron chi connectivity index (χ0n) is 14.4. The molecule has 2 aromatic rings. The van der Waals surface area contributed by atoms with Crippen LogP contribution in [0.25, 0.3) is 5.13 Å². The minimum atomic E-state index is -1.43. The molecule has 1 saturated carbocycles. The van der Waals surface area contributed by atoms with Crippen molar-refractivity contribution in [3.8, 4) is 5.13 Å². The van der Waals surface area contributed by atoms with E-state index in [0.717, 1.165) is 35.8 Å². The summed E-state index contributed by atoms with van der Waals surface area (Å²) in [6.45, 7) is 3.39. The van der Waals surface area contributed by atoms with Crippen LogP contribution in [0.5, 0.6) is 0 Å². The maximum Gasteiger partial charge on any atom is 0.338 e. The monoisotopic (exact) mass is 362 g/mol. The second-order valence-electron chi connectivity index (χ2n) is 6.53. The number of nitrogens with zero attached hydrogens (tertiary/aromatic N) is 2. The molecule has 1 fully saturated rings. The van der Waals surface area contributed by atoms with Gasteiger partial charge in [-0.2, -0.15) is 0 Å². The van der Waals surface area contributed by atoms with Gasteiger partial charge in [-0.05, 0) is 45.6 Å². The molecule has 0 bridgehead atoms. The number of ketones is 1. The lowest BCUT2D eigenvalue weighted by Gasteiger charge is -2.29. The molecule has 25 heavy (non-hydrogen) atoms. The van der Waals surface area contributed by atoms with Crippen LogP contribution in [-0.4, -0.2) is 38.6 Å². The van der Waals surface area contributed by atoms with Gasteiger partial charge in [0.1, 0.15) is 0 Å². The molecule has 0 unspecified atom stereocenters. The zero-order chi connectivity index (χ0) is 18.0. The van der Waals surface area contributed by atoms with Gasteiger partial charge in [0.05, 0.1) is 0 Å². The Kier molecular flexibility index (Phi) is 5.06. The molecule has 0 spiro atoms. The molecule has 0 atom stereocenters. The highest BCUT2D eigenvalue weighted by Crippen LogP contribution is 2.29. The molecule has 0 saturated heterocycles. The molecule has 1 aliphatic rings. The smallest absolute Gasteiger partial charge is 0.338 e. The molecule has 0 amide bonds. The van der Waals surface area contributed by atoms with Crippen molar-refractivity contribution in [2.45, 2.75) is 51.6 Å². The van der Waals surface area contributed by atoms with Gasteiger partial charge in [-0.3, -0.25) is 9.36 Å². The number of aromatic nitrogens is 2. The number of carbonyl (C=O) groups excluding carboxylic acids is 2. The van der Waals surface area contributed by atoms with Crippen LogP contribution < -0.4 is 0 Å². The van der Waals surface area contributed by atoms with Gasteiger partial charge in [0.15, 0.2) is 17.3 Å². The first kappa shape index (κ1) is 17.8. The van der Waals surface area contributed by atoms with E-state index in [1.165, 1.54) is 11.3 Å². The minimum Gasteiger partial charge on any atom is -0.455 e. The first-order valence-electron chi connectivity index (χ1n) is 8.44. The number of rotatable bonds is 5. The molecular formula is C18H22N2O4S. The van der Waals surface area contributed by atoms with Crippen molar-refractivity contribution < 1.29 is 19.4 Å². The Hall–Kier alpha value is -1.99.